The second kappa shape index (κ2) is 9.84. The summed E-state index contributed by atoms with van der Waals surface area (Å²) in [7, 11) is 1.63. The first kappa shape index (κ1) is 21.9. The first-order valence-corrected chi connectivity index (χ1v) is 10.7. The highest BCUT2D eigenvalue weighted by atomic mass is 16.5. The molecule has 4 rings (SSSR count). The number of fused-ring (bicyclic) bond motifs is 1. The summed E-state index contributed by atoms with van der Waals surface area (Å²) in [5.41, 5.74) is 10.2. The van der Waals surface area contributed by atoms with Crippen LogP contribution in [0.5, 0.6) is 5.75 Å². The van der Waals surface area contributed by atoms with Crippen molar-refractivity contribution in [1.82, 2.24) is 9.88 Å². The van der Waals surface area contributed by atoms with Gasteiger partial charge in [-0.1, -0.05) is 18.2 Å². The van der Waals surface area contributed by atoms with Crippen LogP contribution in [-0.2, 0) is 4.74 Å². The lowest BCUT2D eigenvalue weighted by atomic mass is 10.1. The Morgan fingerprint density at radius 1 is 1.22 bits per heavy atom. The summed E-state index contributed by atoms with van der Waals surface area (Å²) in [5, 5.41) is 7.61. The van der Waals surface area contributed by atoms with E-state index in [4.69, 9.17) is 15.2 Å². The van der Waals surface area contributed by atoms with Gasteiger partial charge in [0.15, 0.2) is 0 Å². The number of morpholine rings is 1. The SMILES string of the molecule is COc1cc2c(Nc3ccccc3C)c(C(N)=O)cnc2cc1NCCN1CCOCC1. The smallest absolute Gasteiger partial charge is 0.252 e. The lowest BCUT2D eigenvalue weighted by molar-refractivity contribution is 0.0398. The molecule has 2 heterocycles. The molecule has 0 bridgehead atoms. The fraction of sp³-hybridized carbons (Fsp3) is 0.333. The van der Waals surface area contributed by atoms with Crippen molar-refractivity contribution >= 4 is 33.9 Å². The van der Waals surface area contributed by atoms with E-state index < -0.39 is 5.91 Å². The van der Waals surface area contributed by atoms with Gasteiger partial charge in [-0.05, 0) is 30.7 Å². The van der Waals surface area contributed by atoms with Gasteiger partial charge in [0.1, 0.15) is 5.75 Å². The lowest BCUT2D eigenvalue weighted by Gasteiger charge is -2.26. The van der Waals surface area contributed by atoms with Gasteiger partial charge in [-0.3, -0.25) is 14.7 Å². The van der Waals surface area contributed by atoms with E-state index in [1.165, 1.54) is 6.20 Å². The van der Waals surface area contributed by atoms with Crippen LogP contribution in [0.25, 0.3) is 10.9 Å². The number of rotatable bonds is 8. The molecule has 8 heteroatoms. The van der Waals surface area contributed by atoms with Crippen LogP contribution in [0, 0.1) is 6.92 Å². The van der Waals surface area contributed by atoms with Gasteiger partial charge < -0.3 is 25.8 Å². The van der Waals surface area contributed by atoms with Gasteiger partial charge in [-0.2, -0.15) is 0 Å². The minimum absolute atomic E-state index is 0.329. The first-order chi connectivity index (χ1) is 15.6. The van der Waals surface area contributed by atoms with E-state index in [0.717, 1.165) is 67.2 Å². The second-order valence-corrected chi connectivity index (χ2v) is 7.80. The molecule has 1 fully saturated rings. The number of primary amides is 1. The molecule has 8 nitrogen and oxygen atoms in total. The number of amides is 1. The number of nitrogens with zero attached hydrogens (tertiary/aromatic N) is 2. The van der Waals surface area contributed by atoms with Crippen LogP contribution in [0.4, 0.5) is 17.1 Å². The normalized spacial score (nSPS) is 14.3. The number of anilines is 3. The molecule has 0 atom stereocenters. The summed E-state index contributed by atoms with van der Waals surface area (Å²) in [6.45, 7) is 7.15. The highest BCUT2D eigenvalue weighted by Crippen LogP contribution is 2.36. The highest BCUT2D eigenvalue weighted by Gasteiger charge is 2.17. The average Bonchev–Trinajstić information content (AvgIpc) is 2.80. The van der Waals surface area contributed by atoms with Crippen LogP contribution in [0.15, 0.2) is 42.6 Å². The van der Waals surface area contributed by atoms with E-state index in [1.807, 2.05) is 43.3 Å². The quantitative estimate of drug-likeness (QED) is 0.500. The average molecular weight is 436 g/mol. The van der Waals surface area contributed by atoms with E-state index >= 15 is 0 Å². The minimum Gasteiger partial charge on any atom is -0.495 e. The Morgan fingerprint density at radius 2 is 2.00 bits per heavy atom. The number of nitrogens with two attached hydrogens (primary N) is 1. The summed E-state index contributed by atoms with van der Waals surface area (Å²) in [5.74, 6) is 0.137. The highest BCUT2D eigenvalue weighted by molar-refractivity contribution is 6.08. The van der Waals surface area contributed by atoms with E-state index in [2.05, 4.69) is 20.5 Å². The fourth-order valence-electron chi connectivity index (χ4n) is 3.87. The molecule has 0 unspecified atom stereocenters. The molecule has 0 aliphatic carbocycles. The Bertz CT molecular complexity index is 1110. The molecule has 1 saturated heterocycles. The van der Waals surface area contributed by atoms with Crippen LogP contribution >= 0.6 is 0 Å². The molecule has 168 valence electrons. The second-order valence-electron chi connectivity index (χ2n) is 7.80. The molecule has 1 aliphatic rings. The van der Waals surface area contributed by atoms with Crippen molar-refractivity contribution in [3.8, 4) is 5.75 Å². The summed E-state index contributed by atoms with van der Waals surface area (Å²) < 4.78 is 11.1. The van der Waals surface area contributed by atoms with Crippen molar-refractivity contribution in [2.45, 2.75) is 6.92 Å². The van der Waals surface area contributed by atoms with Crippen LogP contribution in [-0.4, -0.2) is 62.3 Å². The summed E-state index contributed by atoms with van der Waals surface area (Å²) in [6, 6.07) is 11.7. The van der Waals surface area contributed by atoms with Gasteiger partial charge >= 0.3 is 0 Å². The van der Waals surface area contributed by atoms with E-state index in [0.29, 0.717) is 17.0 Å². The predicted octanol–water partition coefficient (Wildman–Crippen LogP) is 3.14. The zero-order chi connectivity index (χ0) is 22.5. The number of para-hydroxylation sites is 1. The summed E-state index contributed by atoms with van der Waals surface area (Å²) in [4.78, 5) is 19.0. The molecule has 1 aliphatic heterocycles. The van der Waals surface area contributed by atoms with Crippen LogP contribution in [0.1, 0.15) is 15.9 Å². The van der Waals surface area contributed by atoms with Gasteiger partial charge in [0.25, 0.3) is 5.91 Å². The fourth-order valence-corrected chi connectivity index (χ4v) is 3.87. The molecule has 1 aromatic heterocycles. The van der Waals surface area contributed by atoms with Crippen molar-refractivity contribution in [1.29, 1.82) is 0 Å². The summed E-state index contributed by atoms with van der Waals surface area (Å²) in [6.07, 6.45) is 1.52. The number of hydrogen-bond donors (Lipinski definition) is 3. The largest absolute Gasteiger partial charge is 0.495 e. The van der Waals surface area contributed by atoms with E-state index in [9.17, 15) is 4.79 Å². The number of carbonyl (C=O) groups excluding carboxylic acids is 1. The van der Waals surface area contributed by atoms with Gasteiger partial charge in [0.2, 0.25) is 0 Å². The van der Waals surface area contributed by atoms with Gasteiger partial charge in [-0.15, -0.1) is 0 Å². The molecule has 1 amide bonds. The zero-order valence-electron chi connectivity index (χ0n) is 18.5. The van der Waals surface area contributed by atoms with Crippen molar-refractivity contribution in [2.24, 2.45) is 5.73 Å². The monoisotopic (exact) mass is 435 g/mol. The zero-order valence-corrected chi connectivity index (χ0v) is 18.5. The number of aromatic nitrogens is 1. The maximum absolute atomic E-state index is 12.1. The topological polar surface area (TPSA) is 102 Å². The Balaban J connectivity index is 1.66. The first-order valence-electron chi connectivity index (χ1n) is 10.7. The van der Waals surface area contributed by atoms with Crippen molar-refractivity contribution < 1.29 is 14.3 Å². The Kier molecular flexibility index (Phi) is 6.72. The predicted molar refractivity (Wildman–Crippen MR) is 127 cm³/mol. The number of hydrogen-bond acceptors (Lipinski definition) is 7. The molecule has 4 N–H and O–H groups in total. The molecule has 2 aromatic carbocycles. The van der Waals surface area contributed by atoms with Crippen molar-refractivity contribution in [3.63, 3.8) is 0 Å². The molecule has 32 heavy (non-hydrogen) atoms. The number of benzene rings is 2. The number of ether oxygens (including phenoxy) is 2. The standard InChI is InChI=1S/C24H29N5O3/c1-16-5-3-4-6-19(16)28-23-17-13-22(31-2)21(14-20(17)27-15-18(23)24(25)30)26-7-8-29-9-11-32-12-10-29/h3-6,13-15,26H,7-12H2,1-2H3,(H2,25,30)(H,27,28). The molecule has 0 saturated carbocycles. The molecule has 3 aromatic rings. The van der Waals surface area contributed by atoms with Crippen LogP contribution in [0.3, 0.4) is 0 Å². The molecular formula is C24H29N5O3. The minimum atomic E-state index is -0.540. The van der Waals surface area contributed by atoms with Gasteiger partial charge in [-0.25, -0.2) is 0 Å². The lowest BCUT2D eigenvalue weighted by Crippen LogP contribution is -2.39. The molecule has 0 spiro atoms. The van der Waals surface area contributed by atoms with Gasteiger partial charge in [0, 0.05) is 43.4 Å². The number of aryl methyl sites for hydroxylation is 1. The summed E-state index contributed by atoms with van der Waals surface area (Å²) >= 11 is 0. The van der Waals surface area contributed by atoms with E-state index in [1.54, 1.807) is 7.11 Å². The third-order valence-corrected chi connectivity index (χ3v) is 5.71. The molecular weight excluding hydrogens is 406 g/mol. The Hall–Kier alpha value is -3.36. The van der Waals surface area contributed by atoms with Crippen LogP contribution in [0.2, 0.25) is 0 Å². The number of pyridine rings is 1. The number of nitrogens with one attached hydrogen (secondary N) is 2. The van der Waals surface area contributed by atoms with Crippen LogP contribution < -0.4 is 21.1 Å². The Morgan fingerprint density at radius 3 is 2.72 bits per heavy atom. The number of methoxy groups -OCH3 is 1. The van der Waals surface area contributed by atoms with Crippen molar-refractivity contribution in [3.05, 3.63) is 53.7 Å². The third-order valence-electron chi connectivity index (χ3n) is 5.71. The maximum atomic E-state index is 12.1. The van der Waals surface area contributed by atoms with Crippen molar-refractivity contribution in [2.75, 3.05) is 57.1 Å². The maximum Gasteiger partial charge on any atom is 0.252 e. The van der Waals surface area contributed by atoms with E-state index in [-0.39, 0.29) is 0 Å². The third kappa shape index (κ3) is 4.76. The molecule has 0 radical (unpaired) electrons. The van der Waals surface area contributed by atoms with Gasteiger partial charge in [0.05, 0.1) is 42.8 Å². The number of carbonyl (C=O) groups is 1. The Labute approximate surface area is 187 Å².